The number of nitrogens with zero attached hydrogens (tertiary/aromatic N) is 1. The van der Waals surface area contributed by atoms with Crippen LogP contribution < -0.4 is 14.8 Å². The average Bonchev–Trinajstić information content (AvgIpc) is 2.73. The summed E-state index contributed by atoms with van der Waals surface area (Å²) in [5.41, 5.74) is 1.38. The van der Waals surface area contributed by atoms with Crippen LogP contribution in [0.15, 0.2) is 48.5 Å². The number of hydrogen-bond acceptors (Lipinski definition) is 5. The van der Waals surface area contributed by atoms with Crippen molar-refractivity contribution in [1.82, 2.24) is 10.2 Å². The van der Waals surface area contributed by atoms with Gasteiger partial charge in [0.1, 0.15) is 5.75 Å². The number of ether oxygens (including phenoxy) is 1. The first-order valence-electron chi connectivity index (χ1n) is 9.58. The molecule has 9 heteroatoms. The topological polar surface area (TPSA) is 105 Å². The van der Waals surface area contributed by atoms with Crippen LogP contribution in [0.2, 0.25) is 0 Å². The van der Waals surface area contributed by atoms with Crippen LogP contribution in [0.5, 0.6) is 5.75 Å². The molecular formula is C21H25N3O5S. The predicted octanol–water partition coefficient (Wildman–Crippen LogP) is 2.10. The molecular weight excluding hydrogens is 406 g/mol. The zero-order valence-electron chi connectivity index (χ0n) is 16.9. The number of anilines is 1. The maximum Gasteiger partial charge on any atom is 0.257 e. The lowest BCUT2D eigenvalue weighted by Gasteiger charge is -2.32. The van der Waals surface area contributed by atoms with Crippen LogP contribution in [0.4, 0.5) is 5.69 Å². The van der Waals surface area contributed by atoms with Gasteiger partial charge in [0.25, 0.3) is 11.8 Å². The van der Waals surface area contributed by atoms with E-state index in [-0.39, 0.29) is 17.9 Å². The van der Waals surface area contributed by atoms with Crippen molar-refractivity contribution in [1.29, 1.82) is 0 Å². The van der Waals surface area contributed by atoms with Gasteiger partial charge in [-0.05, 0) is 49.2 Å². The Morgan fingerprint density at radius 3 is 2.27 bits per heavy atom. The van der Waals surface area contributed by atoms with Gasteiger partial charge in [-0.25, -0.2) is 8.42 Å². The molecule has 0 atom stereocenters. The molecule has 2 aromatic carbocycles. The van der Waals surface area contributed by atoms with Gasteiger partial charge in [0, 0.05) is 30.4 Å². The minimum Gasteiger partial charge on any atom is -0.496 e. The minimum absolute atomic E-state index is 0.0342. The molecule has 0 radical (unpaired) electrons. The fourth-order valence-corrected chi connectivity index (χ4v) is 3.96. The number of likely N-dealkylation sites (tertiary alicyclic amines) is 1. The minimum atomic E-state index is -3.36. The molecule has 2 N–H and O–H groups in total. The molecule has 1 saturated heterocycles. The quantitative estimate of drug-likeness (QED) is 0.729. The van der Waals surface area contributed by atoms with Gasteiger partial charge < -0.3 is 15.0 Å². The fraction of sp³-hybridized carbons (Fsp3) is 0.333. The number of rotatable bonds is 6. The molecule has 160 valence electrons. The second-order valence-corrected chi connectivity index (χ2v) is 8.94. The van der Waals surface area contributed by atoms with Gasteiger partial charge in [-0.15, -0.1) is 0 Å². The maximum atomic E-state index is 12.8. The summed E-state index contributed by atoms with van der Waals surface area (Å²) in [4.78, 5) is 27.0. The van der Waals surface area contributed by atoms with E-state index in [0.29, 0.717) is 48.5 Å². The highest BCUT2D eigenvalue weighted by atomic mass is 32.2. The fourth-order valence-electron chi connectivity index (χ4n) is 3.39. The summed E-state index contributed by atoms with van der Waals surface area (Å²) >= 11 is 0. The van der Waals surface area contributed by atoms with Crippen molar-refractivity contribution >= 4 is 27.5 Å². The Hall–Kier alpha value is -3.07. The number of carbonyl (C=O) groups excluding carboxylic acids is 2. The SMILES string of the molecule is COc1ccccc1C(=O)N1CCC(NC(=O)c2ccc(NS(C)(=O)=O)cc2)CC1. The van der Waals surface area contributed by atoms with E-state index in [9.17, 15) is 18.0 Å². The first-order valence-corrected chi connectivity index (χ1v) is 11.5. The highest BCUT2D eigenvalue weighted by Gasteiger charge is 2.26. The summed E-state index contributed by atoms with van der Waals surface area (Å²) in [6, 6.07) is 13.3. The molecule has 0 aromatic heterocycles. The van der Waals surface area contributed by atoms with Gasteiger partial charge in [-0.2, -0.15) is 0 Å². The summed E-state index contributed by atoms with van der Waals surface area (Å²) in [6.07, 6.45) is 2.37. The van der Waals surface area contributed by atoms with Crippen molar-refractivity contribution in [2.45, 2.75) is 18.9 Å². The second-order valence-electron chi connectivity index (χ2n) is 7.19. The molecule has 1 aliphatic rings. The van der Waals surface area contributed by atoms with Crippen molar-refractivity contribution in [3.8, 4) is 5.75 Å². The Morgan fingerprint density at radius 2 is 1.67 bits per heavy atom. The normalized spacial score (nSPS) is 14.8. The lowest BCUT2D eigenvalue weighted by Crippen LogP contribution is -2.46. The van der Waals surface area contributed by atoms with Gasteiger partial charge in [-0.3, -0.25) is 14.3 Å². The molecule has 0 aliphatic carbocycles. The number of amides is 2. The maximum absolute atomic E-state index is 12.8. The smallest absolute Gasteiger partial charge is 0.257 e. The molecule has 2 aromatic rings. The van der Waals surface area contributed by atoms with E-state index in [1.807, 2.05) is 6.07 Å². The van der Waals surface area contributed by atoms with Gasteiger partial charge in [0.05, 0.1) is 18.9 Å². The second kappa shape index (κ2) is 9.17. The lowest BCUT2D eigenvalue weighted by atomic mass is 10.0. The Bertz CT molecular complexity index is 1010. The molecule has 1 heterocycles. The van der Waals surface area contributed by atoms with E-state index < -0.39 is 10.0 Å². The zero-order valence-corrected chi connectivity index (χ0v) is 17.7. The van der Waals surface area contributed by atoms with Gasteiger partial charge in [0.2, 0.25) is 10.0 Å². The van der Waals surface area contributed by atoms with Crippen LogP contribution in [-0.4, -0.2) is 57.6 Å². The number of hydrogen-bond donors (Lipinski definition) is 2. The standard InChI is InChI=1S/C21H25N3O5S/c1-29-19-6-4-3-5-18(19)21(26)24-13-11-16(12-14-24)22-20(25)15-7-9-17(10-8-15)23-30(2,27)28/h3-10,16,23H,11-14H2,1-2H3,(H,22,25). The van der Waals surface area contributed by atoms with Crippen molar-refractivity contribution in [3.05, 3.63) is 59.7 Å². The van der Waals surface area contributed by atoms with Crippen LogP contribution in [0, 0.1) is 0 Å². The molecule has 0 unspecified atom stereocenters. The molecule has 8 nitrogen and oxygen atoms in total. The number of benzene rings is 2. The highest BCUT2D eigenvalue weighted by molar-refractivity contribution is 7.92. The summed E-state index contributed by atoms with van der Waals surface area (Å²) in [5.74, 6) is 0.244. The van der Waals surface area contributed by atoms with Gasteiger partial charge in [-0.1, -0.05) is 12.1 Å². The van der Waals surface area contributed by atoms with E-state index in [1.54, 1.807) is 47.4 Å². The summed E-state index contributed by atoms with van der Waals surface area (Å²) in [5, 5.41) is 2.98. The van der Waals surface area contributed by atoms with E-state index in [0.717, 1.165) is 6.26 Å². The third-order valence-electron chi connectivity index (χ3n) is 4.91. The van der Waals surface area contributed by atoms with Crippen LogP contribution >= 0.6 is 0 Å². The van der Waals surface area contributed by atoms with Crippen molar-refractivity contribution < 1.29 is 22.7 Å². The molecule has 3 rings (SSSR count). The average molecular weight is 432 g/mol. The molecule has 0 bridgehead atoms. The molecule has 30 heavy (non-hydrogen) atoms. The molecule has 2 amide bonds. The first kappa shape index (κ1) is 21.6. The third kappa shape index (κ3) is 5.50. The summed E-state index contributed by atoms with van der Waals surface area (Å²) < 4.78 is 30.1. The highest BCUT2D eigenvalue weighted by Crippen LogP contribution is 2.22. The molecule has 0 saturated carbocycles. The number of piperidine rings is 1. The van der Waals surface area contributed by atoms with Crippen LogP contribution in [-0.2, 0) is 10.0 Å². The predicted molar refractivity (Wildman–Crippen MR) is 114 cm³/mol. The third-order valence-corrected chi connectivity index (χ3v) is 5.51. The number of para-hydroxylation sites is 1. The number of nitrogens with one attached hydrogen (secondary N) is 2. The van der Waals surface area contributed by atoms with Crippen molar-refractivity contribution in [3.63, 3.8) is 0 Å². The zero-order chi connectivity index (χ0) is 21.7. The summed E-state index contributed by atoms with van der Waals surface area (Å²) in [6.45, 7) is 1.08. The van der Waals surface area contributed by atoms with Crippen molar-refractivity contribution in [2.75, 3.05) is 31.2 Å². The van der Waals surface area contributed by atoms with E-state index >= 15 is 0 Å². The Balaban J connectivity index is 1.54. The number of methoxy groups -OCH3 is 1. The van der Waals surface area contributed by atoms with Gasteiger partial charge in [0.15, 0.2) is 0 Å². The van der Waals surface area contributed by atoms with Crippen molar-refractivity contribution in [2.24, 2.45) is 0 Å². The molecule has 1 fully saturated rings. The Labute approximate surface area is 176 Å². The molecule has 0 spiro atoms. The summed E-state index contributed by atoms with van der Waals surface area (Å²) in [7, 11) is -1.82. The largest absolute Gasteiger partial charge is 0.496 e. The Kier molecular flexibility index (Phi) is 6.61. The molecule has 1 aliphatic heterocycles. The van der Waals surface area contributed by atoms with Crippen LogP contribution in [0.25, 0.3) is 0 Å². The number of carbonyl (C=O) groups is 2. The van der Waals surface area contributed by atoms with Crippen LogP contribution in [0.3, 0.4) is 0 Å². The monoisotopic (exact) mass is 431 g/mol. The van der Waals surface area contributed by atoms with E-state index in [2.05, 4.69) is 10.0 Å². The van der Waals surface area contributed by atoms with E-state index in [1.165, 1.54) is 7.11 Å². The number of sulfonamides is 1. The Morgan fingerprint density at radius 1 is 1.03 bits per heavy atom. The van der Waals surface area contributed by atoms with Gasteiger partial charge >= 0.3 is 0 Å². The van der Waals surface area contributed by atoms with E-state index in [4.69, 9.17) is 4.74 Å². The lowest BCUT2D eigenvalue weighted by molar-refractivity contribution is 0.0695. The first-order chi connectivity index (χ1) is 14.3. The van der Waals surface area contributed by atoms with Crippen LogP contribution in [0.1, 0.15) is 33.6 Å².